The predicted molar refractivity (Wildman–Crippen MR) is 103 cm³/mol. The van der Waals surface area contributed by atoms with E-state index < -0.39 is 0 Å². The van der Waals surface area contributed by atoms with E-state index in [2.05, 4.69) is 36.9 Å². The minimum atomic E-state index is -0.177. The summed E-state index contributed by atoms with van der Waals surface area (Å²) in [6.07, 6.45) is 3.92. The number of hydrogen-bond acceptors (Lipinski definition) is 6. The first-order chi connectivity index (χ1) is 12.7. The molecule has 0 amide bonds. The Hall–Kier alpha value is -3.09. The molecule has 7 nitrogen and oxygen atoms in total. The molecule has 1 fully saturated rings. The summed E-state index contributed by atoms with van der Waals surface area (Å²) in [6.45, 7) is 4.24. The lowest BCUT2D eigenvalue weighted by Gasteiger charge is -2.40. The first-order valence-electron chi connectivity index (χ1n) is 8.81. The van der Waals surface area contributed by atoms with Crippen LogP contribution in [0.5, 0.6) is 0 Å². The Balaban J connectivity index is 1.56. The molecule has 0 bridgehead atoms. The van der Waals surface area contributed by atoms with Gasteiger partial charge in [-0.15, -0.1) is 0 Å². The number of H-pyrrole nitrogens is 1. The molecule has 1 aromatic heterocycles. The number of piperazine rings is 1. The maximum absolute atomic E-state index is 11.9. The highest BCUT2D eigenvalue weighted by Crippen LogP contribution is 2.27. The van der Waals surface area contributed by atoms with Gasteiger partial charge in [-0.3, -0.25) is 4.79 Å². The van der Waals surface area contributed by atoms with Gasteiger partial charge in [0.05, 0.1) is 5.69 Å². The zero-order valence-corrected chi connectivity index (χ0v) is 14.8. The Morgan fingerprint density at radius 3 is 2.50 bits per heavy atom. The number of aromatic amines is 1. The molecule has 134 valence electrons. The van der Waals surface area contributed by atoms with E-state index in [1.54, 1.807) is 6.07 Å². The van der Waals surface area contributed by atoms with Crippen LogP contribution in [0.15, 0.2) is 58.5 Å². The van der Waals surface area contributed by atoms with Crippen molar-refractivity contribution in [3.8, 4) is 11.3 Å². The topological polar surface area (TPSA) is 67.8 Å². The van der Waals surface area contributed by atoms with Crippen LogP contribution in [0.3, 0.4) is 0 Å². The number of likely N-dealkylation sites (N-methyl/N-ethyl adjacent to an activating group) is 1. The van der Waals surface area contributed by atoms with Gasteiger partial charge in [-0.2, -0.15) is 5.10 Å². The van der Waals surface area contributed by atoms with Crippen LogP contribution < -0.4 is 10.5 Å². The van der Waals surface area contributed by atoms with Crippen LogP contribution in [-0.2, 0) is 0 Å². The summed E-state index contributed by atoms with van der Waals surface area (Å²) in [5.41, 5.74) is 2.53. The molecule has 7 heteroatoms. The van der Waals surface area contributed by atoms with Crippen LogP contribution in [0.2, 0.25) is 0 Å². The molecule has 26 heavy (non-hydrogen) atoms. The molecule has 1 aromatic carbocycles. The maximum atomic E-state index is 11.9. The monoisotopic (exact) mass is 350 g/mol. The van der Waals surface area contributed by atoms with Crippen LogP contribution in [0.25, 0.3) is 11.3 Å². The lowest BCUT2D eigenvalue weighted by Crippen LogP contribution is -2.53. The van der Waals surface area contributed by atoms with E-state index in [1.165, 1.54) is 0 Å². The normalized spacial score (nSPS) is 17.4. The lowest BCUT2D eigenvalue weighted by atomic mass is 10.1. The van der Waals surface area contributed by atoms with Gasteiger partial charge in [0.2, 0.25) is 5.96 Å². The Bertz CT molecular complexity index is 880. The number of rotatable bonds is 2. The quantitative estimate of drug-likeness (QED) is 0.886. The molecule has 1 saturated heterocycles. The average Bonchev–Trinajstić information content (AvgIpc) is 2.69. The second kappa shape index (κ2) is 7.03. The van der Waals surface area contributed by atoms with Gasteiger partial charge in [0, 0.05) is 57.6 Å². The fourth-order valence-corrected chi connectivity index (χ4v) is 3.42. The van der Waals surface area contributed by atoms with E-state index in [0.29, 0.717) is 0 Å². The highest BCUT2D eigenvalue weighted by molar-refractivity contribution is 5.82. The van der Waals surface area contributed by atoms with Gasteiger partial charge in [-0.05, 0) is 6.08 Å². The van der Waals surface area contributed by atoms with Crippen molar-refractivity contribution in [3.63, 3.8) is 0 Å². The minimum Gasteiger partial charge on any atom is -0.366 e. The summed E-state index contributed by atoms with van der Waals surface area (Å²) in [5.74, 6) is 1.01. The zero-order valence-electron chi connectivity index (χ0n) is 14.8. The largest absolute Gasteiger partial charge is 0.366 e. The fourth-order valence-electron chi connectivity index (χ4n) is 3.42. The van der Waals surface area contributed by atoms with Gasteiger partial charge >= 0.3 is 0 Å². The summed E-state index contributed by atoms with van der Waals surface area (Å²) < 4.78 is 0. The van der Waals surface area contributed by atoms with Crippen LogP contribution in [-0.4, -0.2) is 65.7 Å². The van der Waals surface area contributed by atoms with E-state index in [9.17, 15) is 4.79 Å². The number of hydrogen-bond donors (Lipinski definition) is 1. The molecule has 2 aliphatic rings. The predicted octanol–water partition coefficient (Wildman–Crippen LogP) is 1.37. The highest BCUT2D eigenvalue weighted by atomic mass is 16.1. The van der Waals surface area contributed by atoms with E-state index in [0.717, 1.165) is 55.6 Å². The average molecular weight is 350 g/mol. The van der Waals surface area contributed by atoms with Gasteiger partial charge in [-0.1, -0.05) is 30.3 Å². The van der Waals surface area contributed by atoms with Crippen LogP contribution in [0.4, 0.5) is 5.69 Å². The Labute approximate surface area is 152 Å². The molecule has 1 N–H and O–H groups in total. The molecule has 3 heterocycles. The zero-order chi connectivity index (χ0) is 17.9. The Morgan fingerprint density at radius 2 is 1.77 bits per heavy atom. The second-order valence-electron chi connectivity index (χ2n) is 6.50. The van der Waals surface area contributed by atoms with Gasteiger partial charge in [0.1, 0.15) is 5.69 Å². The molecule has 2 aliphatic heterocycles. The number of aliphatic imine (C=N–C) groups is 1. The van der Waals surface area contributed by atoms with Crippen molar-refractivity contribution >= 4 is 11.6 Å². The van der Waals surface area contributed by atoms with Crippen molar-refractivity contribution < 1.29 is 0 Å². The van der Waals surface area contributed by atoms with Crippen LogP contribution in [0, 0.1) is 0 Å². The summed E-state index contributed by atoms with van der Waals surface area (Å²) in [7, 11) is 2.06. The molecule has 4 rings (SSSR count). The molecule has 0 spiro atoms. The molecular weight excluding hydrogens is 328 g/mol. The van der Waals surface area contributed by atoms with Crippen LogP contribution in [0.1, 0.15) is 0 Å². The third-order valence-corrected chi connectivity index (χ3v) is 4.75. The van der Waals surface area contributed by atoms with Gasteiger partial charge < -0.3 is 14.7 Å². The lowest BCUT2D eigenvalue weighted by molar-refractivity contribution is 0.333. The molecule has 0 aliphatic carbocycles. The summed E-state index contributed by atoms with van der Waals surface area (Å²) in [5, 5.41) is 6.88. The third-order valence-electron chi connectivity index (χ3n) is 4.75. The van der Waals surface area contributed by atoms with E-state index in [1.807, 2.05) is 42.6 Å². The number of nitrogens with zero attached hydrogens (tertiary/aromatic N) is 5. The van der Waals surface area contributed by atoms with Crippen molar-refractivity contribution in [2.24, 2.45) is 4.99 Å². The third kappa shape index (κ3) is 3.20. The fraction of sp³-hybridized carbons (Fsp3) is 0.316. The SMILES string of the molecule is CN1CC=CN=C1N1CCN(c2cc(=O)[nH]nc2-c2ccccc2)CC1. The Morgan fingerprint density at radius 1 is 1.04 bits per heavy atom. The number of guanidine groups is 1. The second-order valence-corrected chi connectivity index (χ2v) is 6.50. The molecule has 0 unspecified atom stereocenters. The summed E-state index contributed by atoms with van der Waals surface area (Å²) >= 11 is 0. The van der Waals surface area contributed by atoms with E-state index in [4.69, 9.17) is 0 Å². The number of anilines is 1. The summed E-state index contributed by atoms with van der Waals surface area (Å²) in [4.78, 5) is 23.1. The van der Waals surface area contributed by atoms with Crippen molar-refractivity contribution in [1.29, 1.82) is 0 Å². The number of nitrogens with one attached hydrogen (secondary N) is 1. The van der Waals surface area contributed by atoms with Gasteiger partial charge in [0.25, 0.3) is 5.56 Å². The van der Waals surface area contributed by atoms with Crippen molar-refractivity contribution in [2.75, 3.05) is 44.7 Å². The van der Waals surface area contributed by atoms with Crippen molar-refractivity contribution in [3.05, 3.63) is 59.0 Å². The van der Waals surface area contributed by atoms with Crippen molar-refractivity contribution in [1.82, 2.24) is 20.0 Å². The van der Waals surface area contributed by atoms with E-state index >= 15 is 0 Å². The molecule has 0 atom stereocenters. The van der Waals surface area contributed by atoms with E-state index in [-0.39, 0.29) is 5.56 Å². The molecule has 0 radical (unpaired) electrons. The molecular formula is C19H22N6O. The minimum absolute atomic E-state index is 0.177. The van der Waals surface area contributed by atoms with Gasteiger partial charge in [0.15, 0.2) is 0 Å². The molecule has 0 saturated carbocycles. The van der Waals surface area contributed by atoms with Gasteiger partial charge in [-0.25, -0.2) is 10.1 Å². The summed E-state index contributed by atoms with van der Waals surface area (Å²) in [6, 6.07) is 11.6. The van der Waals surface area contributed by atoms with Crippen LogP contribution >= 0.6 is 0 Å². The smallest absolute Gasteiger partial charge is 0.266 e. The Kier molecular flexibility index (Phi) is 4.43. The molecule has 2 aromatic rings. The highest BCUT2D eigenvalue weighted by Gasteiger charge is 2.24. The standard InChI is InChI=1S/C19H22N6O/c1-23-9-5-8-20-19(23)25-12-10-24(11-13-25)16-14-17(26)21-22-18(16)15-6-3-2-4-7-15/h2-8,14H,9-13H2,1H3,(H,21,26). The number of aromatic nitrogens is 2. The first-order valence-corrected chi connectivity index (χ1v) is 8.81. The number of benzene rings is 1. The van der Waals surface area contributed by atoms with Crippen molar-refractivity contribution in [2.45, 2.75) is 0 Å². The first kappa shape index (κ1) is 16.4. The maximum Gasteiger partial charge on any atom is 0.266 e.